The first-order valence-electron chi connectivity index (χ1n) is 8.77. The van der Waals surface area contributed by atoms with E-state index in [-0.39, 0.29) is 0 Å². The molecular weight excluding hydrogens is 352 g/mol. The van der Waals surface area contributed by atoms with E-state index in [4.69, 9.17) is 21.2 Å². The predicted molar refractivity (Wildman–Crippen MR) is 105 cm³/mol. The Labute approximate surface area is 159 Å². The highest BCUT2D eigenvalue weighted by Crippen LogP contribution is 2.13. The molecule has 2 aromatic rings. The molecule has 1 aromatic heterocycles. The lowest BCUT2D eigenvalue weighted by Gasteiger charge is -2.17. The van der Waals surface area contributed by atoms with E-state index in [0.717, 1.165) is 42.9 Å². The summed E-state index contributed by atoms with van der Waals surface area (Å²) in [4.78, 5) is 7.02. The largest absolute Gasteiger partial charge is 0.494 e. The average molecular weight is 377 g/mol. The standard InChI is InChI=1S/C19H25ClN4O2/c1-3-26-21-15-16-7-9-17(10-8-16)25-14-6-4-5-13-24(2)19-12-11-18(20)22-23-19/h7-12,15H,3-6,13-14H2,1-2H3. The Morgan fingerprint density at radius 1 is 1.08 bits per heavy atom. The molecule has 0 aliphatic carbocycles. The van der Waals surface area contributed by atoms with Gasteiger partial charge in [0.1, 0.15) is 12.4 Å². The van der Waals surface area contributed by atoms with Crippen molar-refractivity contribution in [2.75, 3.05) is 31.7 Å². The van der Waals surface area contributed by atoms with Crippen LogP contribution in [0.2, 0.25) is 5.15 Å². The second-order valence-electron chi connectivity index (χ2n) is 5.77. The molecule has 0 aliphatic heterocycles. The van der Waals surface area contributed by atoms with Crippen molar-refractivity contribution in [3.63, 3.8) is 0 Å². The lowest BCUT2D eigenvalue weighted by Crippen LogP contribution is -2.20. The number of aromatic nitrogens is 2. The molecule has 0 unspecified atom stereocenters. The molecule has 0 spiro atoms. The highest BCUT2D eigenvalue weighted by atomic mass is 35.5. The first-order chi connectivity index (χ1) is 12.7. The third-order valence-corrected chi connectivity index (χ3v) is 3.90. The van der Waals surface area contributed by atoms with Crippen LogP contribution in [0.15, 0.2) is 41.6 Å². The fraction of sp³-hybridized carbons (Fsp3) is 0.421. The van der Waals surface area contributed by atoms with Gasteiger partial charge >= 0.3 is 0 Å². The summed E-state index contributed by atoms with van der Waals surface area (Å²) in [5.74, 6) is 1.70. The van der Waals surface area contributed by atoms with E-state index in [1.807, 2.05) is 44.3 Å². The molecule has 1 aromatic carbocycles. The van der Waals surface area contributed by atoms with Gasteiger partial charge in [0.15, 0.2) is 11.0 Å². The SMILES string of the molecule is CCON=Cc1ccc(OCCCCCN(C)c2ccc(Cl)nn2)cc1. The highest BCUT2D eigenvalue weighted by molar-refractivity contribution is 6.29. The van der Waals surface area contributed by atoms with Crippen LogP contribution in [0.1, 0.15) is 31.7 Å². The predicted octanol–water partition coefficient (Wildman–Crippen LogP) is 4.19. The number of hydrogen-bond donors (Lipinski definition) is 0. The number of halogens is 1. The molecular formula is C19H25ClN4O2. The summed E-state index contributed by atoms with van der Waals surface area (Å²) in [6, 6.07) is 11.4. The van der Waals surface area contributed by atoms with Crippen molar-refractivity contribution < 1.29 is 9.57 Å². The van der Waals surface area contributed by atoms with Crippen LogP contribution in [0.3, 0.4) is 0 Å². The van der Waals surface area contributed by atoms with Crippen LogP contribution >= 0.6 is 11.6 Å². The monoisotopic (exact) mass is 376 g/mol. The third-order valence-electron chi connectivity index (χ3n) is 3.70. The molecule has 0 bridgehead atoms. The fourth-order valence-electron chi connectivity index (χ4n) is 2.27. The molecule has 0 amide bonds. The van der Waals surface area contributed by atoms with E-state index < -0.39 is 0 Å². The third kappa shape index (κ3) is 7.27. The maximum atomic E-state index is 5.77. The normalized spacial score (nSPS) is 10.9. The summed E-state index contributed by atoms with van der Waals surface area (Å²) in [6.45, 7) is 4.10. The molecule has 0 saturated heterocycles. The number of nitrogens with zero attached hydrogens (tertiary/aromatic N) is 4. The minimum absolute atomic E-state index is 0.411. The Hall–Kier alpha value is -2.34. The van der Waals surface area contributed by atoms with E-state index in [1.165, 1.54) is 0 Å². The lowest BCUT2D eigenvalue weighted by atomic mass is 10.2. The number of benzene rings is 1. The number of unbranched alkanes of at least 4 members (excludes halogenated alkanes) is 2. The number of rotatable bonds is 11. The van der Waals surface area contributed by atoms with E-state index in [2.05, 4.69) is 20.3 Å². The van der Waals surface area contributed by atoms with Crippen molar-refractivity contribution in [2.45, 2.75) is 26.2 Å². The molecule has 26 heavy (non-hydrogen) atoms. The summed E-state index contributed by atoms with van der Waals surface area (Å²) in [5, 5.41) is 12.2. The Morgan fingerprint density at radius 3 is 2.58 bits per heavy atom. The highest BCUT2D eigenvalue weighted by Gasteiger charge is 2.03. The smallest absolute Gasteiger partial charge is 0.151 e. The zero-order valence-electron chi connectivity index (χ0n) is 15.3. The minimum Gasteiger partial charge on any atom is -0.494 e. The molecule has 1 heterocycles. The van der Waals surface area contributed by atoms with Gasteiger partial charge < -0.3 is 14.5 Å². The molecule has 140 valence electrons. The average Bonchev–Trinajstić information content (AvgIpc) is 2.66. The molecule has 0 radical (unpaired) electrons. The van der Waals surface area contributed by atoms with Crippen LogP contribution in [0.25, 0.3) is 0 Å². The Balaban J connectivity index is 1.59. The summed E-state index contributed by atoms with van der Waals surface area (Å²) in [5.41, 5.74) is 0.985. The molecule has 0 saturated carbocycles. The number of anilines is 1. The van der Waals surface area contributed by atoms with Gasteiger partial charge in [0, 0.05) is 13.6 Å². The van der Waals surface area contributed by atoms with Gasteiger partial charge in [0.25, 0.3) is 0 Å². The van der Waals surface area contributed by atoms with E-state index in [1.54, 1.807) is 12.3 Å². The van der Waals surface area contributed by atoms with E-state index >= 15 is 0 Å². The van der Waals surface area contributed by atoms with Crippen LogP contribution in [0.5, 0.6) is 5.75 Å². The van der Waals surface area contributed by atoms with Crippen molar-refractivity contribution in [1.29, 1.82) is 0 Å². The molecule has 2 rings (SSSR count). The van der Waals surface area contributed by atoms with Crippen molar-refractivity contribution in [1.82, 2.24) is 10.2 Å². The van der Waals surface area contributed by atoms with Gasteiger partial charge in [0.2, 0.25) is 0 Å². The molecule has 0 fully saturated rings. The molecule has 0 N–H and O–H groups in total. The van der Waals surface area contributed by atoms with E-state index in [0.29, 0.717) is 18.4 Å². The number of oxime groups is 1. The Bertz CT molecular complexity index is 662. The van der Waals surface area contributed by atoms with Crippen molar-refractivity contribution in [3.8, 4) is 5.75 Å². The van der Waals surface area contributed by atoms with Crippen molar-refractivity contribution >= 4 is 23.6 Å². The minimum atomic E-state index is 0.411. The van der Waals surface area contributed by atoms with Gasteiger partial charge in [-0.3, -0.25) is 0 Å². The fourth-order valence-corrected chi connectivity index (χ4v) is 2.37. The van der Waals surface area contributed by atoms with Gasteiger partial charge in [-0.2, -0.15) is 0 Å². The van der Waals surface area contributed by atoms with Gasteiger partial charge in [0.05, 0.1) is 12.8 Å². The number of ether oxygens (including phenoxy) is 1. The van der Waals surface area contributed by atoms with E-state index in [9.17, 15) is 0 Å². The second-order valence-corrected chi connectivity index (χ2v) is 6.15. The Kier molecular flexibility index (Phi) is 8.69. The molecule has 6 nitrogen and oxygen atoms in total. The van der Waals surface area contributed by atoms with Crippen molar-refractivity contribution in [2.24, 2.45) is 5.16 Å². The molecule has 0 aliphatic rings. The van der Waals surface area contributed by atoms with Gasteiger partial charge in [-0.25, -0.2) is 0 Å². The van der Waals surface area contributed by atoms with Crippen molar-refractivity contribution in [3.05, 3.63) is 47.1 Å². The maximum absolute atomic E-state index is 5.77. The number of hydrogen-bond acceptors (Lipinski definition) is 6. The van der Waals surface area contributed by atoms with Crippen LogP contribution in [-0.4, -0.2) is 43.2 Å². The topological polar surface area (TPSA) is 59.8 Å². The quantitative estimate of drug-likeness (QED) is 0.334. The van der Waals surface area contributed by atoms with Crippen LogP contribution in [0, 0.1) is 0 Å². The Morgan fingerprint density at radius 2 is 1.88 bits per heavy atom. The van der Waals surface area contributed by atoms with Gasteiger partial charge in [-0.05, 0) is 68.1 Å². The second kappa shape index (κ2) is 11.3. The van der Waals surface area contributed by atoms with Gasteiger partial charge in [-0.15, -0.1) is 10.2 Å². The van der Waals surface area contributed by atoms with Gasteiger partial charge in [-0.1, -0.05) is 16.8 Å². The molecule has 7 heteroatoms. The molecule has 0 atom stereocenters. The summed E-state index contributed by atoms with van der Waals surface area (Å²) in [6.07, 6.45) is 4.85. The lowest BCUT2D eigenvalue weighted by molar-refractivity contribution is 0.160. The van der Waals surface area contributed by atoms with Crippen LogP contribution in [-0.2, 0) is 4.84 Å². The summed E-state index contributed by atoms with van der Waals surface area (Å²) < 4.78 is 5.77. The zero-order chi connectivity index (χ0) is 18.6. The maximum Gasteiger partial charge on any atom is 0.151 e. The first-order valence-corrected chi connectivity index (χ1v) is 9.15. The summed E-state index contributed by atoms with van der Waals surface area (Å²) in [7, 11) is 2.00. The summed E-state index contributed by atoms with van der Waals surface area (Å²) >= 11 is 5.75. The van der Waals surface area contributed by atoms with Crippen LogP contribution in [0.4, 0.5) is 5.82 Å². The van der Waals surface area contributed by atoms with Crippen LogP contribution < -0.4 is 9.64 Å². The first kappa shape index (κ1) is 20.0. The zero-order valence-corrected chi connectivity index (χ0v) is 16.0.